The van der Waals surface area contributed by atoms with E-state index in [2.05, 4.69) is 24.8 Å². The highest BCUT2D eigenvalue weighted by Gasteiger charge is 2.18. The van der Waals surface area contributed by atoms with E-state index in [1.54, 1.807) is 12.1 Å². The number of rotatable bonds is 2. The minimum Gasteiger partial charge on any atom is -0.192 e. The highest BCUT2D eigenvalue weighted by Crippen LogP contribution is 2.31. The molecule has 1 saturated carbocycles. The molecule has 1 nitrogen and oxygen atoms in total. The van der Waals surface area contributed by atoms with Gasteiger partial charge in [0, 0.05) is 11.5 Å². The van der Waals surface area contributed by atoms with Gasteiger partial charge in [-0.15, -0.1) is 0 Å². The number of halogens is 1. The molecule has 0 heterocycles. The maximum absolute atomic E-state index is 8.84. The second-order valence-corrected chi connectivity index (χ2v) is 5.99. The van der Waals surface area contributed by atoms with E-state index in [1.165, 1.54) is 38.5 Å². The van der Waals surface area contributed by atoms with Crippen LogP contribution in [0.1, 0.15) is 56.6 Å². The topological polar surface area (TPSA) is 23.8 Å². The molecule has 2 rings (SSSR count). The Hall–Kier alpha value is -1.44. The molecule has 0 unspecified atom stereocenters. The Bertz CT molecular complexity index is 551. The van der Waals surface area contributed by atoms with Crippen molar-refractivity contribution in [2.75, 3.05) is 0 Å². The largest absolute Gasteiger partial charge is 0.192 e. The van der Waals surface area contributed by atoms with Crippen molar-refractivity contribution in [3.63, 3.8) is 0 Å². The summed E-state index contributed by atoms with van der Waals surface area (Å²) in [4.78, 5) is 0. The molecule has 104 valence electrons. The Balaban J connectivity index is 1.95. The van der Waals surface area contributed by atoms with Crippen LogP contribution in [0.15, 0.2) is 18.2 Å². The van der Waals surface area contributed by atoms with Crippen molar-refractivity contribution in [1.29, 1.82) is 5.26 Å². The van der Waals surface area contributed by atoms with Crippen molar-refractivity contribution in [2.45, 2.75) is 45.4 Å². The standard InChI is InChI=1S/C18H20ClN/c1-2-3-14-4-6-15(7-5-14)8-9-16-10-11-17(13-20)18(19)12-16/h10-12,14-15H,2-7H2,1H3. The fourth-order valence-corrected chi connectivity index (χ4v) is 3.10. The maximum atomic E-state index is 8.84. The van der Waals surface area contributed by atoms with Crippen LogP contribution in [0.4, 0.5) is 0 Å². The first-order valence-electron chi connectivity index (χ1n) is 7.44. The Kier molecular flexibility index (Phi) is 5.51. The first kappa shape index (κ1) is 15.0. The van der Waals surface area contributed by atoms with Crippen LogP contribution < -0.4 is 0 Å². The minimum absolute atomic E-state index is 0.492. The van der Waals surface area contributed by atoms with Crippen molar-refractivity contribution in [2.24, 2.45) is 11.8 Å². The SMILES string of the molecule is CCCC1CCC(C#Cc2ccc(C#N)c(Cl)c2)CC1. The predicted octanol–water partition coefficient (Wildman–Crippen LogP) is 5.17. The Morgan fingerprint density at radius 2 is 2.00 bits per heavy atom. The fraction of sp³-hybridized carbons (Fsp3) is 0.500. The molecule has 1 aliphatic carbocycles. The van der Waals surface area contributed by atoms with E-state index in [0.29, 0.717) is 16.5 Å². The zero-order chi connectivity index (χ0) is 14.4. The Labute approximate surface area is 126 Å². The third-order valence-corrected chi connectivity index (χ3v) is 4.37. The van der Waals surface area contributed by atoms with Crippen molar-refractivity contribution < 1.29 is 0 Å². The van der Waals surface area contributed by atoms with Gasteiger partial charge in [0.15, 0.2) is 0 Å². The van der Waals surface area contributed by atoms with Crippen molar-refractivity contribution in [3.8, 4) is 17.9 Å². The van der Waals surface area contributed by atoms with E-state index in [0.717, 1.165) is 11.5 Å². The average molecular weight is 286 g/mol. The van der Waals surface area contributed by atoms with Gasteiger partial charge in [0.25, 0.3) is 0 Å². The molecule has 0 bridgehead atoms. The lowest BCUT2D eigenvalue weighted by Crippen LogP contribution is -2.13. The molecule has 0 saturated heterocycles. The third-order valence-electron chi connectivity index (χ3n) is 4.05. The molecule has 0 N–H and O–H groups in total. The summed E-state index contributed by atoms with van der Waals surface area (Å²) in [6, 6.07) is 7.47. The molecule has 0 spiro atoms. The van der Waals surface area contributed by atoms with Gasteiger partial charge >= 0.3 is 0 Å². The normalized spacial score (nSPS) is 21.6. The summed E-state index contributed by atoms with van der Waals surface area (Å²) in [6.45, 7) is 2.26. The van der Waals surface area contributed by atoms with Gasteiger partial charge in [-0.1, -0.05) is 43.2 Å². The predicted molar refractivity (Wildman–Crippen MR) is 83.4 cm³/mol. The summed E-state index contributed by atoms with van der Waals surface area (Å²) in [7, 11) is 0. The van der Waals surface area contributed by atoms with E-state index >= 15 is 0 Å². The number of benzene rings is 1. The second kappa shape index (κ2) is 7.37. The summed E-state index contributed by atoms with van der Waals surface area (Å²) in [5.74, 6) is 8.03. The van der Waals surface area contributed by atoms with E-state index in [9.17, 15) is 0 Å². The van der Waals surface area contributed by atoms with Crippen molar-refractivity contribution in [3.05, 3.63) is 34.3 Å². The number of hydrogen-bond acceptors (Lipinski definition) is 1. The molecule has 0 aliphatic heterocycles. The zero-order valence-electron chi connectivity index (χ0n) is 12.0. The third kappa shape index (κ3) is 4.03. The smallest absolute Gasteiger partial charge is 0.101 e. The zero-order valence-corrected chi connectivity index (χ0v) is 12.7. The fourth-order valence-electron chi connectivity index (χ4n) is 2.87. The molecule has 0 radical (unpaired) electrons. The van der Waals surface area contributed by atoms with Crippen molar-refractivity contribution in [1.82, 2.24) is 0 Å². The molecule has 0 aromatic heterocycles. The van der Waals surface area contributed by atoms with Gasteiger partial charge in [-0.2, -0.15) is 5.26 Å². The first-order valence-corrected chi connectivity index (χ1v) is 7.82. The van der Waals surface area contributed by atoms with Crippen LogP contribution in [0.3, 0.4) is 0 Å². The summed E-state index contributed by atoms with van der Waals surface area (Å²) in [5, 5.41) is 9.33. The molecule has 0 amide bonds. The summed E-state index contributed by atoms with van der Waals surface area (Å²) < 4.78 is 0. The average Bonchev–Trinajstić information content (AvgIpc) is 2.47. The molecule has 1 aliphatic rings. The quantitative estimate of drug-likeness (QED) is 0.688. The highest BCUT2D eigenvalue weighted by atomic mass is 35.5. The first-order chi connectivity index (χ1) is 9.72. The van der Waals surface area contributed by atoms with Crippen LogP contribution in [0.5, 0.6) is 0 Å². The van der Waals surface area contributed by atoms with Crippen LogP contribution in [0.25, 0.3) is 0 Å². The van der Waals surface area contributed by atoms with E-state index in [1.807, 2.05) is 6.07 Å². The van der Waals surface area contributed by atoms with Crippen LogP contribution in [-0.4, -0.2) is 0 Å². The van der Waals surface area contributed by atoms with E-state index in [-0.39, 0.29) is 0 Å². The summed E-state index contributed by atoms with van der Waals surface area (Å²) in [5.41, 5.74) is 1.42. The van der Waals surface area contributed by atoms with Gasteiger partial charge < -0.3 is 0 Å². The number of nitriles is 1. The molecule has 1 aromatic carbocycles. The van der Waals surface area contributed by atoms with E-state index in [4.69, 9.17) is 16.9 Å². The van der Waals surface area contributed by atoms with Crippen LogP contribution in [0, 0.1) is 35.0 Å². The van der Waals surface area contributed by atoms with Gasteiger partial charge in [0.05, 0.1) is 10.6 Å². The molecule has 1 aromatic rings. The van der Waals surface area contributed by atoms with E-state index < -0.39 is 0 Å². The minimum atomic E-state index is 0.492. The second-order valence-electron chi connectivity index (χ2n) is 5.58. The molecule has 1 fully saturated rings. The molecule has 0 atom stereocenters. The Morgan fingerprint density at radius 1 is 1.25 bits per heavy atom. The monoisotopic (exact) mass is 285 g/mol. The van der Waals surface area contributed by atoms with Crippen LogP contribution in [0.2, 0.25) is 5.02 Å². The summed E-state index contributed by atoms with van der Waals surface area (Å²) in [6.07, 6.45) is 7.75. The number of nitrogens with zero attached hydrogens (tertiary/aromatic N) is 1. The maximum Gasteiger partial charge on any atom is 0.101 e. The lowest BCUT2D eigenvalue weighted by atomic mass is 9.80. The number of hydrogen-bond donors (Lipinski definition) is 0. The van der Waals surface area contributed by atoms with Gasteiger partial charge in [0.2, 0.25) is 0 Å². The van der Waals surface area contributed by atoms with Crippen LogP contribution >= 0.6 is 11.6 Å². The van der Waals surface area contributed by atoms with Crippen molar-refractivity contribution >= 4 is 11.6 Å². The lowest BCUT2D eigenvalue weighted by molar-refractivity contribution is 0.300. The molecular formula is C18H20ClN. The lowest BCUT2D eigenvalue weighted by Gasteiger charge is -2.25. The Morgan fingerprint density at radius 3 is 2.60 bits per heavy atom. The molecule has 2 heteroatoms. The van der Waals surface area contributed by atoms with Gasteiger partial charge in [0.1, 0.15) is 6.07 Å². The van der Waals surface area contributed by atoms with Gasteiger partial charge in [-0.25, -0.2) is 0 Å². The summed E-state index contributed by atoms with van der Waals surface area (Å²) >= 11 is 6.01. The van der Waals surface area contributed by atoms with Gasteiger partial charge in [-0.05, 0) is 49.8 Å². The molecule has 20 heavy (non-hydrogen) atoms. The molecular weight excluding hydrogens is 266 g/mol. The van der Waals surface area contributed by atoms with Crippen LogP contribution in [-0.2, 0) is 0 Å². The van der Waals surface area contributed by atoms with Gasteiger partial charge in [-0.3, -0.25) is 0 Å². The highest BCUT2D eigenvalue weighted by molar-refractivity contribution is 6.31.